The van der Waals surface area contributed by atoms with Gasteiger partial charge in [-0.2, -0.15) is 0 Å². The number of carbonyl (C=O) groups is 2. The molecule has 1 fully saturated rings. The summed E-state index contributed by atoms with van der Waals surface area (Å²) >= 11 is 12.2. The maximum Gasteiger partial charge on any atom is 0.340 e. The van der Waals surface area contributed by atoms with Gasteiger partial charge in [-0.3, -0.25) is 9.36 Å². The number of pyridine rings is 1. The molecule has 32 heavy (non-hydrogen) atoms. The Labute approximate surface area is 193 Å². The Morgan fingerprint density at radius 1 is 0.812 bits per heavy atom. The largest absolute Gasteiger partial charge is 0.340 e. The lowest BCUT2D eigenvalue weighted by Gasteiger charge is -2.28. The summed E-state index contributed by atoms with van der Waals surface area (Å²) in [6.45, 7) is 0.800. The minimum Gasteiger partial charge on any atom is -0.306 e. The second-order valence-corrected chi connectivity index (χ2v) is 7.89. The quantitative estimate of drug-likeness (QED) is 0.573. The molecule has 0 saturated carbocycles. The Balaban J connectivity index is 1.45. The highest BCUT2D eigenvalue weighted by atomic mass is 35.5. The molecule has 3 aromatic rings. The average molecular weight is 472 g/mol. The van der Waals surface area contributed by atoms with Gasteiger partial charge in [0.15, 0.2) is 0 Å². The molecule has 2 aromatic carbocycles. The molecule has 164 valence electrons. The van der Waals surface area contributed by atoms with Gasteiger partial charge in [-0.15, -0.1) is 0 Å². The van der Waals surface area contributed by atoms with Gasteiger partial charge in [0.25, 0.3) is 5.56 Å². The van der Waals surface area contributed by atoms with Crippen molar-refractivity contribution in [1.29, 1.82) is 0 Å². The first-order valence-electron chi connectivity index (χ1n) is 9.82. The topological polar surface area (TPSA) is 86.7 Å². The number of hydrazine groups is 1. The van der Waals surface area contributed by atoms with Crippen LogP contribution in [0.1, 0.15) is 6.42 Å². The van der Waals surface area contributed by atoms with E-state index in [1.54, 1.807) is 60.8 Å². The van der Waals surface area contributed by atoms with Crippen LogP contribution in [-0.4, -0.2) is 39.7 Å². The average Bonchev–Trinajstić information content (AvgIpc) is 3.27. The standard InChI is InChI=1S/C22H19Cl2N5O3/c23-15-5-7-16(8-6-15)25-21(31)28-12-3-13-29(28)22(32)26-17-9-10-19(18(24)14-17)27-11-2-1-4-20(27)30/h1-2,4-11,14H,3,12-13H2,(H,25,31)(H,26,32). The van der Waals surface area contributed by atoms with E-state index in [0.717, 1.165) is 0 Å². The third-order valence-corrected chi connectivity index (χ3v) is 5.43. The fourth-order valence-electron chi connectivity index (χ4n) is 3.35. The molecule has 0 unspecified atom stereocenters. The van der Waals surface area contributed by atoms with Gasteiger partial charge >= 0.3 is 12.1 Å². The predicted molar refractivity (Wildman–Crippen MR) is 125 cm³/mol. The zero-order valence-electron chi connectivity index (χ0n) is 16.8. The maximum atomic E-state index is 12.8. The van der Waals surface area contributed by atoms with Crippen molar-refractivity contribution in [1.82, 2.24) is 14.6 Å². The smallest absolute Gasteiger partial charge is 0.306 e. The molecule has 0 radical (unpaired) electrons. The number of nitrogens with one attached hydrogen (secondary N) is 2. The summed E-state index contributed by atoms with van der Waals surface area (Å²) in [4.78, 5) is 37.5. The summed E-state index contributed by atoms with van der Waals surface area (Å²) in [6.07, 6.45) is 2.27. The lowest BCUT2D eigenvalue weighted by atomic mass is 10.2. The minimum atomic E-state index is -0.463. The second kappa shape index (κ2) is 9.33. The Morgan fingerprint density at radius 3 is 2.06 bits per heavy atom. The molecule has 0 atom stereocenters. The van der Waals surface area contributed by atoms with Crippen molar-refractivity contribution < 1.29 is 9.59 Å². The molecule has 4 rings (SSSR count). The second-order valence-electron chi connectivity index (χ2n) is 7.04. The number of carbonyl (C=O) groups excluding carboxylic acids is 2. The summed E-state index contributed by atoms with van der Waals surface area (Å²) < 4.78 is 1.41. The van der Waals surface area contributed by atoms with Crippen LogP contribution >= 0.6 is 23.2 Å². The lowest BCUT2D eigenvalue weighted by molar-refractivity contribution is 0.103. The van der Waals surface area contributed by atoms with Gasteiger partial charge in [0, 0.05) is 41.8 Å². The van der Waals surface area contributed by atoms with Gasteiger partial charge in [-0.25, -0.2) is 19.6 Å². The van der Waals surface area contributed by atoms with Gasteiger partial charge in [0.2, 0.25) is 0 Å². The van der Waals surface area contributed by atoms with Crippen LogP contribution in [0.4, 0.5) is 21.0 Å². The highest BCUT2D eigenvalue weighted by molar-refractivity contribution is 6.32. The van der Waals surface area contributed by atoms with Crippen LogP contribution in [0.25, 0.3) is 5.69 Å². The molecule has 1 aromatic heterocycles. The number of aromatic nitrogens is 1. The van der Waals surface area contributed by atoms with E-state index in [2.05, 4.69) is 10.6 Å². The number of hydrogen-bond donors (Lipinski definition) is 2. The van der Waals surface area contributed by atoms with Crippen molar-refractivity contribution in [2.75, 3.05) is 23.7 Å². The third-order valence-electron chi connectivity index (χ3n) is 4.88. The molecule has 4 amide bonds. The van der Waals surface area contributed by atoms with E-state index in [0.29, 0.717) is 46.6 Å². The number of hydrogen-bond acceptors (Lipinski definition) is 3. The molecule has 2 N–H and O–H groups in total. The zero-order chi connectivity index (χ0) is 22.7. The van der Waals surface area contributed by atoms with Crippen molar-refractivity contribution in [2.45, 2.75) is 6.42 Å². The van der Waals surface area contributed by atoms with E-state index in [1.807, 2.05) is 0 Å². The molecule has 2 heterocycles. The van der Waals surface area contributed by atoms with Crippen LogP contribution in [-0.2, 0) is 0 Å². The van der Waals surface area contributed by atoms with Crippen LogP contribution in [0.3, 0.4) is 0 Å². The van der Waals surface area contributed by atoms with Crippen LogP contribution in [0, 0.1) is 0 Å². The van der Waals surface area contributed by atoms with Crippen molar-refractivity contribution in [3.05, 3.63) is 87.3 Å². The van der Waals surface area contributed by atoms with Gasteiger partial charge in [0.05, 0.1) is 10.7 Å². The Bertz CT molecular complexity index is 1210. The number of urea groups is 2. The number of anilines is 2. The molecule has 1 saturated heterocycles. The number of benzene rings is 2. The lowest BCUT2D eigenvalue weighted by Crippen LogP contribution is -2.48. The van der Waals surface area contributed by atoms with Crippen molar-refractivity contribution >= 4 is 46.6 Å². The van der Waals surface area contributed by atoms with Gasteiger partial charge in [-0.05, 0) is 55.0 Å². The number of amides is 4. The van der Waals surface area contributed by atoms with Crippen molar-refractivity contribution in [3.63, 3.8) is 0 Å². The Hall–Kier alpha value is -3.49. The summed E-state index contributed by atoms with van der Waals surface area (Å²) in [5.74, 6) is 0. The molecular weight excluding hydrogens is 453 g/mol. The molecular formula is C22H19Cl2N5O3. The van der Waals surface area contributed by atoms with Crippen molar-refractivity contribution in [3.8, 4) is 5.69 Å². The molecule has 1 aliphatic heterocycles. The van der Waals surface area contributed by atoms with Crippen molar-refractivity contribution in [2.24, 2.45) is 0 Å². The van der Waals surface area contributed by atoms with Crippen LogP contribution < -0.4 is 16.2 Å². The molecule has 0 aliphatic carbocycles. The van der Waals surface area contributed by atoms with Crippen LogP contribution in [0.2, 0.25) is 10.0 Å². The summed E-state index contributed by atoms with van der Waals surface area (Å²) in [6, 6.07) is 15.5. The first-order chi connectivity index (χ1) is 15.4. The maximum absolute atomic E-state index is 12.8. The molecule has 1 aliphatic rings. The van der Waals surface area contributed by atoms with E-state index in [1.165, 1.54) is 20.7 Å². The number of rotatable bonds is 3. The normalized spacial score (nSPS) is 13.2. The summed E-state index contributed by atoms with van der Waals surface area (Å²) in [5.41, 5.74) is 1.30. The first-order valence-corrected chi connectivity index (χ1v) is 10.6. The molecule has 10 heteroatoms. The predicted octanol–water partition coefficient (Wildman–Crippen LogP) is 4.83. The Morgan fingerprint density at radius 2 is 1.44 bits per heavy atom. The van der Waals surface area contributed by atoms with E-state index in [9.17, 15) is 14.4 Å². The van der Waals surface area contributed by atoms with Gasteiger partial charge in [-0.1, -0.05) is 29.3 Å². The fraction of sp³-hybridized carbons (Fsp3) is 0.136. The number of halogens is 2. The fourth-order valence-corrected chi connectivity index (χ4v) is 3.75. The molecule has 0 spiro atoms. The van der Waals surface area contributed by atoms with Crippen LogP contribution in [0.5, 0.6) is 0 Å². The molecule has 8 nitrogen and oxygen atoms in total. The molecule has 0 bridgehead atoms. The summed E-state index contributed by atoms with van der Waals surface area (Å²) in [5, 5.41) is 9.06. The van der Waals surface area contributed by atoms with Crippen LogP contribution in [0.15, 0.2) is 71.7 Å². The highest BCUT2D eigenvalue weighted by Gasteiger charge is 2.31. The SMILES string of the molecule is O=C(Nc1ccc(Cl)cc1)N1CCCN1C(=O)Nc1ccc(-n2ccccc2=O)c(Cl)c1. The van der Waals surface area contributed by atoms with E-state index >= 15 is 0 Å². The van der Waals surface area contributed by atoms with E-state index in [4.69, 9.17) is 23.2 Å². The minimum absolute atomic E-state index is 0.217. The van der Waals surface area contributed by atoms with Gasteiger partial charge < -0.3 is 10.6 Å². The zero-order valence-corrected chi connectivity index (χ0v) is 18.3. The monoisotopic (exact) mass is 471 g/mol. The Kier molecular flexibility index (Phi) is 6.34. The van der Waals surface area contributed by atoms with Gasteiger partial charge in [0.1, 0.15) is 0 Å². The third kappa shape index (κ3) is 4.71. The van der Waals surface area contributed by atoms with E-state index in [-0.39, 0.29) is 5.56 Å². The summed E-state index contributed by atoms with van der Waals surface area (Å²) in [7, 11) is 0. The van der Waals surface area contributed by atoms with E-state index < -0.39 is 12.1 Å². The highest BCUT2D eigenvalue weighted by Crippen LogP contribution is 2.24. The number of nitrogens with zero attached hydrogens (tertiary/aromatic N) is 3. The first kappa shape index (κ1) is 21.7.